The topological polar surface area (TPSA) is 44.8 Å². The van der Waals surface area contributed by atoms with E-state index < -0.39 is 0 Å². The molecule has 1 aromatic carbocycles. The van der Waals surface area contributed by atoms with Crippen molar-refractivity contribution in [2.24, 2.45) is 0 Å². The fourth-order valence-electron chi connectivity index (χ4n) is 3.99. The number of nitrogens with zero attached hydrogens (tertiary/aromatic N) is 2. The second-order valence-electron chi connectivity index (χ2n) is 7.42. The van der Waals surface area contributed by atoms with Gasteiger partial charge < -0.3 is 15.0 Å². The maximum atomic E-state index is 12.9. The number of nitrogens with one attached hydrogen (secondary N) is 1. The maximum absolute atomic E-state index is 12.9. The molecule has 2 saturated heterocycles. The molecule has 5 heteroatoms. The van der Waals surface area contributed by atoms with Gasteiger partial charge in [-0.2, -0.15) is 0 Å². The number of ether oxygens (including phenoxy) is 1. The van der Waals surface area contributed by atoms with E-state index in [2.05, 4.69) is 24.1 Å². The first-order valence-corrected chi connectivity index (χ1v) is 9.52. The summed E-state index contributed by atoms with van der Waals surface area (Å²) in [6.07, 6.45) is 2.15. The van der Waals surface area contributed by atoms with Crippen LogP contribution in [0.5, 0.6) is 5.75 Å². The molecule has 2 aliphatic heterocycles. The van der Waals surface area contributed by atoms with Crippen LogP contribution < -0.4 is 10.1 Å². The van der Waals surface area contributed by atoms with Crippen molar-refractivity contribution in [3.05, 3.63) is 29.3 Å². The molecule has 0 bridgehead atoms. The molecule has 1 amide bonds. The van der Waals surface area contributed by atoms with Crippen LogP contribution >= 0.6 is 0 Å². The van der Waals surface area contributed by atoms with E-state index in [1.807, 2.05) is 23.1 Å². The Labute approximate surface area is 151 Å². The number of rotatable bonds is 4. The molecule has 2 heterocycles. The van der Waals surface area contributed by atoms with Crippen molar-refractivity contribution in [3.8, 4) is 5.75 Å². The zero-order chi connectivity index (χ0) is 17.8. The summed E-state index contributed by atoms with van der Waals surface area (Å²) in [7, 11) is 1.68. The fourth-order valence-corrected chi connectivity index (χ4v) is 3.99. The molecule has 0 saturated carbocycles. The number of amides is 1. The van der Waals surface area contributed by atoms with E-state index >= 15 is 0 Å². The summed E-state index contributed by atoms with van der Waals surface area (Å²) in [4.78, 5) is 17.5. The molecule has 1 aromatic rings. The third kappa shape index (κ3) is 4.15. The van der Waals surface area contributed by atoms with Crippen LogP contribution in [0, 0.1) is 0 Å². The van der Waals surface area contributed by atoms with Crippen LogP contribution in [-0.4, -0.2) is 68.1 Å². The van der Waals surface area contributed by atoms with Gasteiger partial charge in [-0.1, -0.05) is 19.9 Å². The first kappa shape index (κ1) is 18.2. The molecule has 1 N–H and O–H groups in total. The zero-order valence-electron chi connectivity index (χ0n) is 15.8. The van der Waals surface area contributed by atoms with Gasteiger partial charge in [0, 0.05) is 50.9 Å². The van der Waals surface area contributed by atoms with E-state index in [9.17, 15) is 4.79 Å². The van der Waals surface area contributed by atoms with Crippen LogP contribution in [0.4, 0.5) is 0 Å². The van der Waals surface area contributed by atoms with Crippen molar-refractivity contribution in [1.82, 2.24) is 15.1 Å². The normalized spacial score (nSPS) is 20.1. The standard InChI is InChI=1S/C20H31N3O2/c1-15(2)18-5-4-16(14-19(18)25-3)20(24)23-10-6-17(7-11-23)22-12-8-21-9-13-22/h4-5,14-15,17,21H,6-13H2,1-3H3. The summed E-state index contributed by atoms with van der Waals surface area (Å²) in [6.45, 7) is 10.4. The molecule has 0 aromatic heterocycles. The number of piperazine rings is 1. The van der Waals surface area contributed by atoms with Gasteiger partial charge in [0.2, 0.25) is 0 Å². The van der Waals surface area contributed by atoms with Gasteiger partial charge >= 0.3 is 0 Å². The Morgan fingerprint density at radius 1 is 1.16 bits per heavy atom. The van der Waals surface area contributed by atoms with Gasteiger partial charge in [0.15, 0.2) is 0 Å². The van der Waals surface area contributed by atoms with Crippen molar-refractivity contribution < 1.29 is 9.53 Å². The van der Waals surface area contributed by atoms with Crippen molar-refractivity contribution in [2.45, 2.75) is 38.6 Å². The first-order chi connectivity index (χ1) is 12.1. The third-order valence-electron chi connectivity index (χ3n) is 5.52. The van der Waals surface area contributed by atoms with Crippen LogP contribution in [0.25, 0.3) is 0 Å². The number of methoxy groups -OCH3 is 1. The van der Waals surface area contributed by atoms with Gasteiger partial charge in [-0.25, -0.2) is 0 Å². The number of carbonyl (C=O) groups excluding carboxylic acids is 1. The summed E-state index contributed by atoms with van der Waals surface area (Å²) >= 11 is 0. The molecular weight excluding hydrogens is 314 g/mol. The van der Waals surface area contributed by atoms with Crippen LogP contribution in [0.15, 0.2) is 18.2 Å². The summed E-state index contributed by atoms with van der Waals surface area (Å²) in [5.74, 6) is 1.33. The van der Waals surface area contributed by atoms with Crippen LogP contribution in [0.1, 0.15) is 48.5 Å². The Morgan fingerprint density at radius 3 is 2.44 bits per heavy atom. The van der Waals surface area contributed by atoms with Crippen molar-refractivity contribution in [1.29, 1.82) is 0 Å². The minimum Gasteiger partial charge on any atom is -0.496 e. The largest absolute Gasteiger partial charge is 0.496 e. The highest BCUT2D eigenvalue weighted by Crippen LogP contribution is 2.28. The van der Waals surface area contributed by atoms with Gasteiger partial charge in [-0.3, -0.25) is 9.69 Å². The van der Waals surface area contributed by atoms with Crippen LogP contribution in [-0.2, 0) is 0 Å². The summed E-state index contributed by atoms with van der Waals surface area (Å²) in [6, 6.07) is 6.51. The summed E-state index contributed by atoms with van der Waals surface area (Å²) < 4.78 is 5.50. The number of hydrogen-bond acceptors (Lipinski definition) is 4. The quantitative estimate of drug-likeness (QED) is 0.910. The average molecular weight is 345 g/mol. The highest BCUT2D eigenvalue weighted by Gasteiger charge is 2.28. The van der Waals surface area contributed by atoms with Crippen molar-refractivity contribution in [3.63, 3.8) is 0 Å². The lowest BCUT2D eigenvalue weighted by molar-refractivity contribution is 0.0601. The van der Waals surface area contributed by atoms with Gasteiger partial charge in [0.25, 0.3) is 5.91 Å². The second-order valence-corrected chi connectivity index (χ2v) is 7.42. The van der Waals surface area contributed by atoms with Gasteiger partial charge in [-0.15, -0.1) is 0 Å². The van der Waals surface area contributed by atoms with E-state index in [0.29, 0.717) is 12.0 Å². The zero-order valence-corrected chi connectivity index (χ0v) is 15.8. The Kier molecular flexibility index (Phi) is 5.97. The number of benzene rings is 1. The number of likely N-dealkylation sites (tertiary alicyclic amines) is 1. The van der Waals surface area contributed by atoms with E-state index in [4.69, 9.17) is 4.74 Å². The lowest BCUT2D eigenvalue weighted by Gasteiger charge is -2.40. The first-order valence-electron chi connectivity index (χ1n) is 9.52. The molecule has 0 atom stereocenters. The third-order valence-corrected chi connectivity index (χ3v) is 5.52. The SMILES string of the molecule is COc1cc(C(=O)N2CCC(N3CCNCC3)CC2)ccc1C(C)C. The monoisotopic (exact) mass is 345 g/mol. The molecule has 0 radical (unpaired) electrons. The summed E-state index contributed by atoms with van der Waals surface area (Å²) in [5.41, 5.74) is 1.89. The average Bonchev–Trinajstić information content (AvgIpc) is 2.67. The minimum atomic E-state index is 0.132. The number of carbonyl (C=O) groups is 1. The van der Waals surface area contributed by atoms with E-state index in [0.717, 1.165) is 69.0 Å². The number of piperidine rings is 1. The fraction of sp³-hybridized carbons (Fsp3) is 0.650. The highest BCUT2D eigenvalue weighted by molar-refractivity contribution is 5.94. The molecule has 2 fully saturated rings. The predicted molar refractivity (Wildman–Crippen MR) is 100 cm³/mol. The van der Waals surface area contributed by atoms with Crippen LogP contribution in [0.2, 0.25) is 0 Å². The molecule has 0 aliphatic carbocycles. The Balaban J connectivity index is 1.62. The van der Waals surface area contributed by atoms with E-state index in [1.54, 1.807) is 7.11 Å². The molecule has 5 nitrogen and oxygen atoms in total. The molecule has 0 unspecified atom stereocenters. The van der Waals surface area contributed by atoms with Gasteiger partial charge in [0.05, 0.1) is 7.11 Å². The van der Waals surface area contributed by atoms with Gasteiger partial charge in [-0.05, 0) is 36.5 Å². The van der Waals surface area contributed by atoms with Gasteiger partial charge in [0.1, 0.15) is 5.75 Å². The lowest BCUT2D eigenvalue weighted by atomic mass is 9.98. The van der Waals surface area contributed by atoms with Crippen molar-refractivity contribution >= 4 is 5.91 Å². The van der Waals surface area contributed by atoms with Crippen molar-refractivity contribution in [2.75, 3.05) is 46.4 Å². The molecule has 138 valence electrons. The molecule has 25 heavy (non-hydrogen) atoms. The van der Waals surface area contributed by atoms with Crippen LogP contribution in [0.3, 0.4) is 0 Å². The number of hydrogen-bond donors (Lipinski definition) is 1. The summed E-state index contributed by atoms with van der Waals surface area (Å²) in [5, 5.41) is 3.41. The highest BCUT2D eigenvalue weighted by atomic mass is 16.5. The van der Waals surface area contributed by atoms with E-state index in [1.165, 1.54) is 0 Å². The predicted octanol–water partition coefficient (Wildman–Crippen LogP) is 2.33. The molecular formula is C20H31N3O2. The molecule has 3 rings (SSSR count). The Morgan fingerprint density at radius 2 is 1.84 bits per heavy atom. The molecule has 2 aliphatic rings. The lowest BCUT2D eigenvalue weighted by Crippen LogP contribution is -2.52. The minimum absolute atomic E-state index is 0.132. The second kappa shape index (κ2) is 8.19. The smallest absolute Gasteiger partial charge is 0.253 e. The Hall–Kier alpha value is -1.59. The Bertz CT molecular complexity index is 589. The van der Waals surface area contributed by atoms with E-state index in [-0.39, 0.29) is 5.91 Å². The molecule has 0 spiro atoms. The maximum Gasteiger partial charge on any atom is 0.253 e.